The zero-order valence-electron chi connectivity index (χ0n) is 12.3. The SMILES string of the molecule is CON(C)C(=O)c1ccc(CN2CCOC[C@@H]2C)cc1. The van der Waals surface area contributed by atoms with E-state index in [-0.39, 0.29) is 5.91 Å². The molecular weight excluding hydrogens is 256 g/mol. The second-order valence-corrected chi connectivity index (χ2v) is 5.08. The molecule has 1 aromatic carbocycles. The van der Waals surface area contributed by atoms with Crippen LogP contribution in [0, 0.1) is 0 Å². The third kappa shape index (κ3) is 3.56. The van der Waals surface area contributed by atoms with Crippen molar-refractivity contribution in [1.29, 1.82) is 0 Å². The summed E-state index contributed by atoms with van der Waals surface area (Å²) in [4.78, 5) is 19.2. The largest absolute Gasteiger partial charge is 0.379 e. The molecule has 20 heavy (non-hydrogen) atoms. The molecule has 1 atom stereocenters. The summed E-state index contributed by atoms with van der Waals surface area (Å²) < 4.78 is 5.43. The third-order valence-electron chi connectivity index (χ3n) is 3.65. The van der Waals surface area contributed by atoms with Gasteiger partial charge in [0.2, 0.25) is 0 Å². The van der Waals surface area contributed by atoms with E-state index in [0.29, 0.717) is 11.6 Å². The van der Waals surface area contributed by atoms with E-state index in [2.05, 4.69) is 11.8 Å². The highest BCUT2D eigenvalue weighted by Gasteiger charge is 2.19. The first-order chi connectivity index (χ1) is 9.61. The van der Waals surface area contributed by atoms with Gasteiger partial charge in [0.05, 0.1) is 20.3 Å². The zero-order valence-corrected chi connectivity index (χ0v) is 12.3. The summed E-state index contributed by atoms with van der Waals surface area (Å²) in [5, 5.41) is 1.22. The van der Waals surface area contributed by atoms with Gasteiger partial charge >= 0.3 is 0 Å². The minimum Gasteiger partial charge on any atom is -0.379 e. The Kier molecular flexibility index (Phi) is 5.11. The Labute approximate surface area is 120 Å². The maximum absolute atomic E-state index is 11.9. The van der Waals surface area contributed by atoms with E-state index >= 15 is 0 Å². The number of nitrogens with zero attached hydrogens (tertiary/aromatic N) is 2. The number of carbonyl (C=O) groups is 1. The van der Waals surface area contributed by atoms with Crippen LogP contribution in [-0.2, 0) is 16.1 Å². The third-order valence-corrected chi connectivity index (χ3v) is 3.65. The molecule has 5 nitrogen and oxygen atoms in total. The van der Waals surface area contributed by atoms with Gasteiger partial charge in [-0.2, -0.15) is 0 Å². The van der Waals surface area contributed by atoms with Gasteiger partial charge in [0.25, 0.3) is 5.91 Å². The van der Waals surface area contributed by atoms with E-state index < -0.39 is 0 Å². The van der Waals surface area contributed by atoms with Crippen molar-refractivity contribution < 1.29 is 14.4 Å². The Hall–Kier alpha value is -1.43. The van der Waals surface area contributed by atoms with Gasteiger partial charge in [-0.15, -0.1) is 0 Å². The summed E-state index contributed by atoms with van der Waals surface area (Å²) in [5.41, 5.74) is 1.84. The minimum absolute atomic E-state index is 0.140. The molecule has 1 heterocycles. The van der Waals surface area contributed by atoms with Crippen molar-refractivity contribution in [3.8, 4) is 0 Å². The Bertz CT molecular complexity index is 447. The van der Waals surface area contributed by atoms with Gasteiger partial charge in [0, 0.05) is 31.7 Å². The minimum atomic E-state index is -0.140. The number of hydroxylamine groups is 2. The van der Waals surface area contributed by atoms with Crippen LogP contribution < -0.4 is 0 Å². The van der Waals surface area contributed by atoms with Crippen LogP contribution in [0.4, 0.5) is 0 Å². The lowest BCUT2D eigenvalue weighted by atomic mass is 10.1. The van der Waals surface area contributed by atoms with Crippen LogP contribution in [0.1, 0.15) is 22.8 Å². The molecule has 1 saturated heterocycles. The molecule has 0 unspecified atom stereocenters. The maximum Gasteiger partial charge on any atom is 0.277 e. The summed E-state index contributed by atoms with van der Waals surface area (Å²) >= 11 is 0. The van der Waals surface area contributed by atoms with Crippen LogP contribution >= 0.6 is 0 Å². The van der Waals surface area contributed by atoms with Crippen molar-refractivity contribution in [2.45, 2.75) is 19.5 Å². The van der Waals surface area contributed by atoms with Gasteiger partial charge in [-0.1, -0.05) is 12.1 Å². The average Bonchev–Trinajstić information content (AvgIpc) is 2.49. The van der Waals surface area contributed by atoms with Crippen molar-refractivity contribution in [3.63, 3.8) is 0 Å². The molecule has 0 N–H and O–H groups in total. The molecule has 1 aliphatic rings. The summed E-state index contributed by atoms with van der Waals surface area (Å²) in [5.74, 6) is -0.140. The number of morpholine rings is 1. The molecule has 110 valence electrons. The second-order valence-electron chi connectivity index (χ2n) is 5.08. The maximum atomic E-state index is 11.9. The molecule has 0 aromatic heterocycles. The first kappa shape index (κ1) is 15.0. The molecule has 1 fully saturated rings. The topological polar surface area (TPSA) is 42.0 Å². The molecule has 0 bridgehead atoms. The molecular formula is C15H22N2O3. The summed E-state index contributed by atoms with van der Waals surface area (Å²) in [7, 11) is 3.08. The fourth-order valence-corrected chi connectivity index (χ4v) is 2.25. The number of hydrogen-bond acceptors (Lipinski definition) is 4. The number of carbonyl (C=O) groups excluding carboxylic acids is 1. The average molecular weight is 278 g/mol. The molecule has 0 radical (unpaired) electrons. The van der Waals surface area contributed by atoms with E-state index in [9.17, 15) is 4.79 Å². The second kappa shape index (κ2) is 6.83. The fraction of sp³-hybridized carbons (Fsp3) is 0.533. The predicted octanol–water partition coefficient (Wildman–Crippen LogP) is 1.54. The number of hydrogen-bond donors (Lipinski definition) is 0. The lowest BCUT2D eigenvalue weighted by Gasteiger charge is -2.33. The van der Waals surface area contributed by atoms with Gasteiger partial charge in [0.15, 0.2) is 0 Å². The highest BCUT2D eigenvalue weighted by atomic mass is 16.7. The Morgan fingerprint density at radius 2 is 2.15 bits per heavy atom. The Morgan fingerprint density at radius 1 is 1.45 bits per heavy atom. The fourth-order valence-electron chi connectivity index (χ4n) is 2.25. The van der Waals surface area contributed by atoms with E-state index in [1.165, 1.54) is 17.7 Å². The van der Waals surface area contributed by atoms with Crippen LogP contribution in [0.5, 0.6) is 0 Å². The Morgan fingerprint density at radius 3 is 2.75 bits per heavy atom. The van der Waals surface area contributed by atoms with Crippen molar-refractivity contribution in [1.82, 2.24) is 9.96 Å². The lowest BCUT2D eigenvalue weighted by Crippen LogP contribution is -2.42. The van der Waals surface area contributed by atoms with Crippen molar-refractivity contribution in [3.05, 3.63) is 35.4 Å². The quantitative estimate of drug-likeness (QED) is 0.784. The van der Waals surface area contributed by atoms with Gasteiger partial charge < -0.3 is 4.74 Å². The first-order valence-electron chi connectivity index (χ1n) is 6.84. The molecule has 0 aliphatic carbocycles. The van der Waals surface area contributed by atoms with E-state index in [0.717, 1.165) is 26.3 Å². The van der Waals surface area contributed by atoms with Crippen LogP contribution in [0.3, 0.4) is 0 Å². The summed E-state index contributed by atoms with van der Waals surface area (Å²) in [6.07, 6.45) is 0. The molecule has 1 aliphatic heterocycles. The van der Waals surface area contributed by atoms with Gasteiger partial charge in [0.1, 0.15) is 0 Å². The van der Waals surface area contributed by atoms with Crippen LogP contribution in [0.25, 0.3) is 0 Å². The first-order valence-corrected chi connectivity index (χ1v) is 6.84. The van der Waals surface area contributed by atoms with Crippen molar-refractivity contribution in [2.75, 3.05) is 33.9 Å². The molecule has 1 aromatic rings. The molecule has 5 heteroatoms. The standard InChI is InChI=1S/C15H22N2O3/c1-12-11-20-9-8-17(12)10-13-4-6-14(7-5-13)15(18)16(2)19-3/h4-7,12H,8-11H2,1-3H3/t12-/m0/s1. The Balaban J connectivity index is 1.99. The van der Waals surface area contributed by atoms with Crippen molar-refractivity contribution in [2.24, 2.45) is 0 Å². The highest BCUT2D eigenvalue weighted by Crippen LogP contribution is 2.13. The predicted molar refractivity (Wildman–Crippen MR) is 76.2 cm³/mol. The van der Waals surface area contributed by atoms with Crippen molar-refractivity contribution >= 4 is 5.91 Å². The molecule has 0 spiro atoms. The molecule has 1 amide bonds. The summed E-state index contributed by atoms with van der Waals surface area (Å²) in [6, 6.07) is 8.12. The lowest BCUT2D eigenvalue weighted by molar-refractivity contribution is -0.0757. The van der Waals surface area contributed by atoms with Gasteiger partial charge in [-0.05, 0) is 24.6 Å². The highest BCUT2D eigenvalue weighted by molar-refractivity contribution is 5.93. The monoisotopic (exact) mass is 278 g/mol. The zero-order chi connectivity index (χ0) is 14.5. The molecule has 2 rings (SSSR count). The van der Waals surface area contributed by atoms with E-state index in [1.54, 1.807) is 7.05 Å². The van der Waals surface area contributed by atoms with Gasteiger partial charge in [-0.25, -0.2) is 5.06 Å². The van der Waals surface area contributed by atoms with Crippen LogP contribution in [0.2, 0.25) is 0 Å². The number of benzene rings is 1. The normalized spacial score (nSPS) is 19.9. The number of amides is 1. The number of rotatable bonds is 4. The van der Waals surface area contributed by atoms with Gasteiger partial charge in [-0.3, -0.25) is 14.5 Å². The smallest absolute Gasteiger partial charge is 0.277 e. The van der Waals surface area contributed by atoms with E-state index in [1.807, 2.05) is 24.3 Å². The van der Waals surface area contributed by atoms with E-state index in [4.69, 9.17) is 9.57 Å². The van der Waals surface area contributed by atoms with Crippen LogP contribution in [0.15, 0.2) is 24.3 Å². The summed E-state index contributed by atoms with van der Waals surface area (Å²) in [6.45, 7) is 5.59. The van der Waals surface area contributed by atoms with Crippen LogP contribution in [-0.4, -0.2) is 55.8 Å². The molecule has 0 saturated carbocycles. The number of ether oxygens (including phenoxy) is 1.